The molecule has 0 bridgehead atoms. The first kappa shape index (κ1) is 27.1. The predicted molar refractivity (Wildman–Crippen MR) is 131 cm³/mol. The first-order chi connectivity index (χ1) is 16.6. The van der Waals surface area contributed by atoms with Crippen LogP contribution < -0.4 is 4.72 Å². The smallest absolute Gasteiger partial charge is 0.326 e. The van der Waals surface area contributed by atoms with Crippen molar-refractivity contribution in [2.75, 3.05) is 33.7 Å². The molecule has 0 aromatic heterocycles. The van der Waals surface area contributed by atoms with Gasteiger partial charge in [-0.05, 0) is 57.8 Å². The van der Waals surface area contributed by atoms with Crippen molar-refractivity contribution < 1.29 is 27.9 Å². The van der Waals surface area contributed by atoms with Gasteiger partial charge in [0.1, 0.15) is 12.1 Å². The highest BCUT2D eigenvalue weighted by Gasteiger charge is 2.38. The van der Waals surface area contributed by atoms with E-state index in [1.165, 1.54) is 4.90 Å². The van der Waals surface area contributed by atoms with Gasteiger partial charge >= 0.3 is 5.97 Å². The van der Waals surface area contributed by atoms with E-state index in [0.717, 1.165) is 25.9 Å². The Kier molecular flexibility index (Phi) is 9.26. The normalized spacial score (nSPS) is 20.5. The number of carbonyl (C=O) groups is 3. The number of carboxylic acids is 1. The van der Waals surface area contributed by atoms with Crippen molar-refractivity contribution in [3.8, 4) is 0 Å². The minimum absolute atomic E-state index is 0.0152. The molecule has 2 amide bonds. The number of sulfonamides is 1. The quantitative estimate of drug-likeness (QED) is 0.480. The number of carboxylic acid groups (broad SMARTS) is 1. The monoisotopic (exact) mass is 508 g/mol. The van der Waals surface area contributed by atoms with Crippen LogP contribution in [-0.4, -0.2) is 97.9 Å². The lowest BCUT2D eigenvalue weighted by molar-refractivity contribution is -0.149. The number of nitrogens with one attached hydrogen (secondary N) is 1. The van der Waals surface area contributed by atoms with Gasteiger partial charge in [-0.15, -0.1) is 0 Å². The molecule has 10 nitrogen and oxygen atoms in total. The van der Waals surface area contributed by atoms with Gasteiger partial charge in [-0.2, -0.15) is 0 Å². The first-order valence-corrected chi connectivity index (χ1v) is 13.7. The highest BCUT2D eigenvalue weighted by Crippen LogP contribution is 2.21. The van der Waals surface area contributed by atoms with E-state index in [1.54, 1.807) is 42.3 Å². The lowest BCUT2D eigenvalue weighted by Crippen LogP contribution is -2.52. The summed E-state index contributed by atoms with van der Waals surface area (Å²) < 4.78 is 28.3. The minimum Gasteiger partial charge on any atom is -0.480 e. The van der Waals surface area contributed by atoms with Crippen molar-refractivity contribution >= 4 is 27.8 Å². The Morgan fingerprint density at radius 2 is 1.77 bits per heavy atom. The molecule has 11 heteroatoms. The van der Waals surface area contributed by atoms with Gasteiger partial charge in [-0.1, -0.05) is 30.3 Å². The van der Waals surface area contributed by atoms with E-state index in [4.69, 9.17) is 0 Å². The highest BCUT2D eigenvalue weighted by molar-refractivity contribution is 7.88. The third-order valence-electron chi connectivity index (χ3n) is 6.92. The second-order valence-corrected chi connectivity index (χ2v) is 11.3. The largest absolute Gasteiger partial charge is 0.480 e. The minimum atomic E-state index is -3.92. The molecule has 0 unspecified atom stereocenters. The van der Waals surface area contributed by atoms with Crippen LogP contribution in [0, 0.1) is 0 Å². The van der Waals surface area contributed by atoms with Crippen LogP contribution in [0.15, 0.2) is 30.3 Å². The van der Waals surface area contributed by atoms with Crippen LogP contribution in [0.4, 0.5) is 0 Å². The summed E-state index contributed by atoms with van der Waals surface area (Å²) in [6.45, 7) is 2.04. The van der Waals surface area contributed by atoms with Crippen molar-refractivity contribution in [2.45, 2.75) is 62.4 Å². The second kappa shape index (κ2) is 12.0. The molecule has 35 heavy (non-hydrogen) atoms. The van der Waals surface area contributed by atoms with E-state index in [9.17, 15) is 27.9 Å². The van der Waals surface area contributed by atoms with Gasteiger partial charge in [0.05, 0.1) is 5.75 Å². The maximum atomic E-state index is 13.3. The Bertz CT molecular complexity index is 995. The number of piperidine rings is 1. The van der Waals surface area contributed by atoms with Gasteiger partial charge in [-0.3, -0.25) is 9.59 Å². The summed E-state index contributed by atoms with van der Waals surface area (Å²) in [7, 11) is -0.130. The van der Waals surface area contributed by atoms with Gasteiger partial charge in [0.25, 0.3) is 0 Å². The van der Waals surface area contributed by atoms with E-state index < -0.39 is 34.0 Å². The van der Waals surface area contributed by atoms with Crippen LogP contribution >= 0.6 is 0 Å². The number of aliphatic carboxylic acids is 1. The molecule has 2 atom stereocenters. The number of benzene rings is 1. The standard InChI is InChI=1S/C24H36N4O6S/c1-26-15-12-19(13-16-26)27(2)22(29)11-10-20(23(30)28-14-6-9-21(28)24(31)32)25-35(33,34)17-18-7-4-3-5-8-18/h3-5,7-8,19-21,25H,6,9-17H2,1-2H3,(H,31,32)/t20-,21+/m1/s1. The van der Waals surface area contributed by atoms with Crippen LogP contribution in [-0.2, 0) is 30.2 Å². The van der Waals surface area contributed by atoms with E-state index in [0.29, 0.717) is 18.4 Å². The van der Waals surface area contributed by atoms with Crippen molar-refractivity contribution in [3.63, 3.8) is 0 Å². The van der Waals surface area contributed by atoms with Crippen LogP contribution in [0.5, 0.6) is 0 Å². The summed E-state index contributed by atoms with van der Waals surface area (Å²) in [5.74, 6) is -2.18. The SMILES string of the molecule is CN1CCC(N(C)C(=O)CC[C@@H](NS(=O)(=O)Cc2ccccc2)C(=O)N2CCC[C@H]2C(=O)O)CC1. The molecule has 194 valence electrons. The zero-order valence-electron chi connectivity index (χ0n) is 20.4. The first-order valence-electron chi connectivity index (χ1n) is 12.1. The van der Waals surface area contributed by atoms with Gasteiger partial charge in [0.2, 0.25) is 21.8 Å². The molecule has 3 rings (SSSR count). The predicted octanol–water partition coefficient (Wildman–Crippen LogP) is 0.883. The number of carbonyl (C=O) groups excluding carboxylic acids is 2. The number of likely N-dealkylation sites (tertiary alicyclic amines) is 2. The molecule has 0 spiro atoms. The topological polar surface area (TPSA) is 127 Å². The molecule has 2 heterocycles. The maximum absolute atomic E-state index is 13.3. The molecule has 0 radical (unpaired) electrons. The summed E-state index contributed by atoms with van der Waals surface area (Å²) in [5.41, 5.74) is 0.564. The molecular formula is C24H36N4O6S. The Hall–Kier alpha value is -2.50. The fraction of sp³-hybridized carbons (Fsp3) is 0.625. The third kappa shape index (κ3) is 7.49. The zero-order chi connectivity index (χ0) is 25.6. The fourth-order valence-corrected chi connectivity index (χ4v) is 6.17. The lowest BCUT2D eigenvalue weighted by atomic mass is 10.0. The van der Waals surface area contributed by atoms with Crippen molar-refractivity contribution in [1.82, 2.24) is 19.4 Å². The summed E-state index contributed by atoms with van der Waals surface area (Å²) in [4.78, 5) is 43.0. The molecule has 1 aromatic carbocycles. The van der Waals surface area contributed by atoms with Gasteiger partial charge in [-0.25, -0.2) is 17.9 Å². The molecule has 2 N–H and O–H groups in total. The van der Waals surface area contributed by atoms with Gasteiger partial charge < -0.3 is 19.8 Å². The van der Waals surface area contributed by atoms with Crippen molar-refractivity contribution in [1.29, 1.82) is 0 Å². The Labute approximate surface area is 207 Å². The molecule has 1 aromatic rings. The number of amides is 2. The molecule has 2 saturated heterocycles. The third-order valence-corrected chi connectivity index (χ3v) is 8.27. The summed E-state index contributed by atoms with van der Waals surface area (Å²) in [6.07, 6.45) is 2.52. The summed E-state index contributed by atoms with van der Waals surface area (Å²) in [6, 6.07) is 6.51. The molecule has 2 aliphatic heterocycles. The molecule has 0 saturated carbocycles. The molecule has 2 aliphatic rings. The summed E-state index contributed by atoms with van der Waals surface area (Å²) >= 11 is 0. The average molecular weight is 509 g/mol. The van der Waals surface area contributed by atoms with Crippen LogP contribution in [0.25, 0.3) is 0 Å². The van der Waals surface area contributed by atoms with Crippen molar-refractivity contribution in [2.24, 2.45) is 0 Å². The van der Waals surface area contributed by atoms with Gasteiger partial charge in [0.15, 0.2) is 0 Å². The highest BCUT2D eigenvalue weighted by atomic mass is 32.2. The Morgan fingerprint density at radius 1 is 1.11 bits per heavy atom. The van der Waals surface area contributed by atoms with Crippen molar-refractivity contribution in [3.05, 3.63) is 35.9 Å². The molecule has 2 fully saturated rings. The summed E-state index contributed by atoms with van der Waals surface area (Å²) in [5, 5.41) is 9.50. The fourth-order valence-electron chi connectivity index (χ4n) is 4.80. The van der Waals surface area contributed by atoms with E-state index >= 15 is 0 Å². The lowest BCUT2D eigenvalue weighted by Gasteiger charge is -2.35. The zero-order valence-corrected chi connectivity index (χ0v) is 21.2. The number of hydrogen-bond acceptors (Lipinski definition) is 6. The number of rotatable bonds is 10. The van der Waals surface area contributed by atoms with Crippen LogP contribution in [0.1, 0.15) is 44.1 Å². The van der Waals surface area contributed by atoms with Crippen LogP contribution in [0.3, 0.4) is 0 Å². The Balaban J connectivity index is 1.71. The molecule has 0 aliphatic carbocycles. The molecular weight excluding hydrogens is 472 g/mol. The Morgan fingerprint density at radius 3 is 2.40 bits per heavy atom. The maximum Gasteiger partial charge on any atom is 0.326 e. The van der Waals surface area contributed by atoms with Crippen LogP contribution in [0.2, 0.25) is 0 Å². The number of nitrogens with zero attached hydrogens (tertiary/aromatic N) is 3. The number of hydrogen-bond donors (Lipinski definition) is 2. The van der Waals surface area contributed by atoms with E-state index in [1.807, 2.05) is 7.05 Å². The van der Waals surface area contributed by atoms with E-state index in [-0.39, 0.29) is 37.1 Å². The average Bonchev–Trinajstić information content (AvgIpc) is 3.32. The second-order valence-electron chi connectivity index (χ2n) is 9.52. The van der Waals surface area contributed by atoms with Gasteiger partial charge in [0, 0.05) is 26.1 Å². The van der Waals surface area contributed by atoms with E-state index in [2.05, 4.69) is 9.62 Å².